The molecule has 1 aliphatic rings. The zero-order chi connectivity index (χ0) is 14.7. The van der Waals surface area contributed by atoms with Crippen molar-refractivity contribution in [1.82, 2.24) is 14.7 Å². The Labute approximate surface area is 127 Å². The van der Waals surface area contributed by atoms with Crippen LogP contribution in [-0.4, -0.2) is 29.0 Å². The van der Waals surface area contributed by atoms with Gasteiger partial charge < -0.3 is 14.6 Å². The van der Waals surface area contributed by atoms with Crippen molar-refractivity contribution < 1.29 is 0 Å². The van der Waals surface area contributed by atoms with Crippen LogP contribution in [0.25, 0.3) is 5.65 Å². The molecule has 0 aromatic carbocycles. The maximum atomic E-state index is 4.94. The summed E-state index contributed by atoms with van der Waals surface area (Å²) in [4.78, 5) is 7.50. The lowest BCUT2D eigenvalue weighted by Crippen LogP contribution is -2.40. The highest BCUT2D eigenvalue weighted by Gasteiger charge is 2.26. The van der Waals surface area contributed by atoms with Crippen LogP contribution in [0.5, 0.6) is 0 Å². The third-order valence-corrected chi connectivity index (χ3v) is 4.47. The van der Waals surface area contributed by atoms with E-state index in [0.717, 1.165) is 18.7 Å². The van der Waals surface area contributed by atoms with Gasteiger partial charge in [-0.1, -0.05) is 19.4 Å². The van der Waals surface area contributed by atoms with E-state index in [9.17, 15) is 0 Å². The monoisotopic (exact) mass is 286 g/mol. The minimum Gasteiger partial charge on any atom is -0.352 e. The van der Waals surface area contributed by atoms with E-state index in [-0.39, 0.29) is 0 Å². The summed E-state index contributed by atoms with van der Waals surface area (Å²) >= 11 is 0. The molecule has 1 fully saturated rings. The molecule has 4 nitrogen and oxygen atoms in total. The Morgan fingerprint density at radius 1 is 1.33 bits per heavy atom. The van der Waals surface area contributed by atoms with E-state index in [4.69, 9.17) is 4.98 Å². The van der Waals surface area contributed by atoms with Crippen LogP contribution < -0.4 is 10.2 Å². The molecule has 0 saturated carbocycles. The Kier molecular flexibility index (Phi) is 4.44. The molecule has 0 aliphatic carbocycles. The van der Waals surface area contributed by atoms with Crippen LogP contribution in [-0.2, 0) is 6.54 Å². The third kappa shape index (κ3) is 2.77. The number of anilines is 1. The lowest BCUT2D eigenvalue weighted by Gasteiger charge is -2.36. The van der Waals surface area contributed by atoms with E-state index >= 15 is 0 Å². The lowest BCUT2D eigenvalue weighted by atomic mass is 9.98. The van der Waals surface area contributed by atoms with Gasteiger partial charge in [0.2, 0.25) is 0 Å². The minimum atomic E-state index is 0.657. The minimum absolute atomic E-state index is 0.657. The molecule has 0 amide bonds. The van der Waals surface area contributed by atoms with Crippen LogP contribution in [0.4, 0.5) is 5.82 Å². The van der Waals surface area contributed by atoms with Gasteiger partial charge in [-0.15, -0.1) is 0 Å². The number of hydrogen-bond donors (Lipinski definition) is 1. The highest BCUT2D eigenvalue weighted by Crippen LogP contribution is 2.30. The predicted molar refractivity (Wildman–Crippen MR) is 87.8 cm³/mol. The Morgan fingerprint density at radius 3 is 3.05 bits per heavy atom. The molecule has 0 spiro atoms. The molecule has 2 aromatic rings. The lowest BCUT2D eigenvalue weighted by molar-refractivity contribution is 0.431. The summed E-state index contributed by atoms with van der Waals surface area (Å²) < 4.78 is 2.23. The van der Waals surface area contributed by atoms with Gasteiger partial charge in [-0.3, -0.25) is 0 Å². The van der Waals surface area contributed by atoms with Gasteiger partial charge in [-0.25, -0.2) is 4.98 Å². The summed E-state index contributed by atoms with van der Waals surface area (Å²) in [7, 11) is 2.01. The van der Waals surface area contributed by atoms with Gasteiger partial charge in [0, 0.05) is 25.3 Å². The topological polar surface area (TPSA) is 32.6 Å². The van der Waals surface area contributed by atoms with Gasteiger partial charge >= 0.3 is 0 Å². The number of imidazole rings is 1. The number of fused-ring (bicyclic) bond motifs is 1. The van der Waals surface area contributed by atoms with Gasteiger partial charge in [0.15, 0.2) is 5.82 Å². The molecule has 1 N–H and O–H groups in total. The first-order chi connectivity index (χ1) is 10.3. The largest absolute Gasteiger partial charge is 0.352 e. The van der Waals surface area contributed by atoms with Crippen LogP contribution in [0.3, 0.4) is 0 Å². The molecule has 1 atom stereocenters. The summed E-state index contributed by atoms with van der Waals surface area (Å²) in [5.41, 5.74) is 2.34. The molecule has 21 heavy (non-hydrogen) atoms. The van der Waals surface area contributed by atoms with E-state index in [1.807, 2.05) is 7.05 Å². The first kappa shape index (κ1) is 14.4. The van der Waals surface area contributed by atoms with Crippen molar-refractivity contribution in [1.29, 1.82) is 0 Å². The first-order valence-electron chi connectivity index (χ1n) is 8.22. The quantitative estimate of drug-likeness (QED) is 0.916. The van der Waals surface area contributed by atoms with Gasteiger partial charge in [0.1, 0.15) is 5.65 Å². The molecule has 3 rings (SSSR count). The van der Waals surface area contributed by atoms with Crippen molar-refractivity contribution in [2.24, 2.45) is 0 Å². The molecule has 1 saturated heterocycles. The SMILES string of the molecule is CCCC1CCCCN1c1nc2ccccn2c1CNC. The summed E-state index contributed by atoms with van der Waals surface area (Å²) in [6.07, 6.45) is 8.59. The second-order valence-corrected chi connectivity index (χ2v) is 5.97. The molecular formula is C17H26N4. The van der Waals surface area contributed by atoms with E-state index in [2.05, 4.69) is 45.9 Å². The molecule has 1 unspecified atom stereocenters. The average Bonchev–Trinajstić information content (AvgIpc) is 2.88. The molecule has 2 aromatic heterocycles. The molecule has 1 aliphatic heterocycles. The number of nitrogens with one attached hydrogen (secondary N) is 1. The Morgan fingerprint density at radius 2 is 2.24 bits per heavy atom. The third-order valence-electron chi connectivity index (χ3n) is 4.47. The number of nitrogens with zero attached hydrogens (tertiary/aromatic N) is 3. The van der Waals surface area contributed by atoms with Gasteiger partial charge in [0.25, 0.3) is 0 Å². The van der Waals surface area contributed by atoms with E-state index < -0.39 is 0 Å². The molecule has 3 heterocycles. The fraction of sp³-hybridized carbons (Fsp3) is 0.588. The summed E-state index contributed by atoms with van der Waals surface area (Å²) in [5, 5.41) is 3.30. The maximum Gasteiger partial charge on any atom is 0.152 e. The standard InChI is InChI=1S/C17H26N4/c1-3-8-14-9-4-6-11-20(14)17-15(13-18-2)21-12-7-5-10-16(21)19-17/h5,7,10,12,14,18H,3-4,6,8-9,11,13H2,1-2H3. The van der Waals surface area contributed by atoms with Crippen molar-refractivity contribution in [3.63, 3.8) is 0 Å². The van der Waals surface area contributed by atoms with Crippen LogP contribution in [0.1, 0.15) is 44.7 Å². The zero-order valence-electron chi connectivity index (χ0n) is 13.2. The van der Waals surface area contributed by atoms with Gasteiger partial charge in [-0.2, -0.15) is 0 Å². The summed E-state index contributed by atoms with van der Waals surface area (Å²) in [6, 6.07) is 6.90. The Bertz CT molecular complexity index is 587. The molecule has 114 valence electrons. The summed E-state index contributed by atoms with van der Waals surface area (Å²) in [6.45, 7) is 4.28. The molecular weight excluding hydrogens is 260 g/mol. The van der Waals surface area contributed by atoms with Gasteiger partial charge in [-0.05, 0) is 44.9 Å². The van der Waals surface area contributed by atoms with Crippen molar-refractivity contribution in [3.05, 3.63) is 30.1 Å². The second-order valence-electron chi connectivity index (χ2n) is 5.97. The summed E-state index contributed by atoms with van der Waals surface area (Å²) in [5.74, 6) is 1.19. The fourth-order valence-electron chi connectivity index (χ4n) is 3.51. The predicted octanol–water partition coefficient (Wildman–Crippen LogP) is 3.21. The molecule has 0 radical (unpaired) electrons. The maximum absolute atomic E-state index is 4.94. The van der Waals surface area contributed by atoms with Crippen LogP contribution >= 0.6 is 0 Å². The highest BCUT2D eigenvalue weighted by molar-refractivity contribution is 5.56. The first-order valence-corrected chi connectivity index (χ1v) is 8.22. The molecule has 4 heteroatoms. The number of pyridine rings is 1. The van der Waals surface area contributed by atoms with Crippen molar-refractivity contribution in [3.8, 4) is 0 Å². The van der Waals surface area contributed by atoms with Crippen LogP contribution in [0.2, 0.25) is 0 Å². The molecule has 0 bridgehead atoms. The Hall–Kier alpha value is -1.55. The number of hydrogen-bond acceptors (Lipinski definition) is 3. The fourth-order valence-corrected chi connectivity index (χ4v) is 3.51. The smallest absolute Gasteiger partial charge is 0.152 e. The van der Waals surface area contributed by atoms with Crippen LogP contribution in [0, 0.1) is 0 Å². The van der Waals surface area contributed by atoms with Crippen LogP contribution in [0.15, 0.2) is 24.4 Å². The van der Waals surface area contributed by atoms with Crippen molar-refractivity contribution in [2.75, 3.05) is 18.5 Å². The van der Waals surface area contributed by atoms with E-state index in [1.54, 1.807) is 0 Å². The number of rotatable bonds is 5. The Balaban J connectivity index is 2.02. The number of aromatic nitrogens is 2. The average molecular weight is 286 g/mol. The van der Waals surface area contributed by atoms with E-state index in [1.165, 1.54) is 43.6 Å². The highest BCUT2D eigenvalue weighted by atomic mass is 15.3. The number of piperidine rings is 1. The second kappa shape index (κ2) is 6.48. The normalized spacial score (nSPS) is 19.3. The van der Waals surface area contributed by atoms with Crippen molar-refractivity contribution >= 4 is 11.5 Å². The van der Waals surface area contributed by atoms with E-state index in [0.29, 0.717) is 6.04 Å². The van der Waals surface area contributed by atoms with Gasteiger partial charge in [0.05, 0.1) is 5.69 Å². The zero-order valence-corrected chi connectivity index (χ0v) is 13.2. The van der Waals surface area contributed by atoms with Crippen molar-refractivity contribution in [2.45, 2.75) is 51.6 Å².